The van der Waals surface area contributed by atoms with Crippen LogP contribution in [0.1, 0.15) is 31.2 Å². The van der Waals surface area contributed by atoms with Crippen molar-refractivity contribution in [1.82, 2.24) is 10.2 Å². The van der Waals surface area contributed by atoms with Crippen molar-refractivity contribution >= 4 is 29.1 Å². The summed E-state index contributed by atoms with van der Waals surface area (Å²) in [6.45, 7) is -0.00181. The highest BCUT2D eigenvalue weighted by Gasteiger charge is 2.37. The van der Waals surface area contributed by atoms with Crippen LogP contribution in [0.3, 0.4) is 0 Å². The van der Waals surface area contributed by atoms with E-state index < -0.39 is 0 Å². The predicted molar refractivity (Wildman–Crippen MR) is 119 cm³/mol. The summed E-state index contributed by atoms with van der Waals surface area (Å²) in [6.07, 6.45) is 4.89. The second-order valence-corrected chi connectivity index (χ2v) is 8.89. The van der Waals surface area contributed by atoms with E-state index in [0.717, 1.165) is 37.1 Å². The first-order valence-corrected chi connectivity index (χ1v) is 10.7. The maximum absolute atomic E-state index is 12.3. The maximum atomic E-state index is 12.3. The fourth-order valence-corrected chi connectivity index (χ4v) is 4.48. The lowest BCUT2D eigenvalue weighted by Crippen LogP contribution is -2.52. The quantitative estimate of drug-likeness (QED) is 0.668. The number of rotatable bonds is 7. The van der Waals surface area contributed by atoms with E-state index in [1.807, 2.05) is 18.2 Å². The summed E-state index contributed by atoms with van der Waals surface area (Å²) in [7, 11) is 4.28. The molecule has 3 rings (SSSR count). The topological polar surface area (TPSA) is 41.6 Å². The molecule has 0 saturated heterocycles. The zero-order chi connectivity index (χ0) is 20.9. The van der Waals surface area contributed by atoms with Crippen LogP contribution in [-0.4, -0.2) is 43.1 Å². The van der Waals surface area contributed by atoms with Gasteiger partial charge in [0.25, 0.3) is 5.91 Å². The molecule has 1 fully saturated rings. The van der Waals surface area contributed by atoms with Gasteiger partial charge in [0.1, 0.15) is 5.75 Å². The molecule has 0 unspecified atom stereocenters. The summed E-state index contributed by atoms with van der Waals surface area (Å²) in [4.78, 5) is 14.6. The van der Waals surface area contributed by atoms with Crippen LogP contribution >= 0.6 is 23.2 Å². The third-order valence-electron chi connectivity index (χ3n) is 5.82. The minimum atomic E-state index is -0.0952. The van der Waals surface area contributed by atoms with Gasteiger partial charge in [-0.3, -0.25) is 4.79 Å². The van der Waals surface area contributed by atoms with Crippen LogP contribution in [-0.2, 0) is 11.2 Å². The van der Waals surface area contributed by atoms with Crippen LogP contribution in [0.15, 0.2) is 48.5 Å². The smallest absolute Gasteiger partial charge is 0.258 e. The Kier molecular flexibility index (Phi) is 7.44. The Hall–Kier alpha value is -1.75. The Morgan fingerprint density at radius 3 is 2.38 bits per heavy atom. The highest BCUT2D eigenvalue weighted by Crippen LogP contribution is 2.35. The maximum Gasteiger partial charge on any atom is 0.258 e. The molecule has 1 aliphatic carbocycles. The molecule has 2 aromatic rings. The minimum absolute atomic E-state index is 0.00181. The minimum Gasteiger partial charge on any atom is -0.484 e. The summed E-state index contributed by atoms with van der Waals surface area (Å²) in [5.41, 5.74) is 1.34. The van der Waals surface area contributed by atoms with Crippen molar-refractivity contribution in [1.29, 1.82) is 0 Å². The van der Waals surface area contributed by atoms with Gasteiger partial charge in [0, 0.05) is 21.6 Å². The Bertz CT molecular complexity index is 833. The molecule has 0 radical (unpaired) electrons. The molecule has 6 heteroatoms. The van der Waals surface area contributed by atoms with Crippen molar-refractivity contribution in [3.63, 3.8) is 0 Å². The monoisotopic (exact) mass is 434 g/mol. The molecule has 1 aliphatic rings. The fraction of sp³-hybridized carbons (Fsp3) is 0.435. The Labute approximate surface area is 183 Å². The number of halogens is 2. The van der Waals surface area contributed by atoms with Crippen LogP contribution in [0.4, 0.5) is 0 Å². The molecular weight excluding hydrogens is 407 g/mol. The van der Waals surface area contributed by atoms with E-state index in [1.165, 1.54) is 5.56 Å². The van der Waals surface area contributed by atoms with Crippen molar-refractivity contribution in [3.8, 4) is 5.75 Å². The normalized spacial score (nSPS) is 21.8. The second kappa shape index (κ2) is 9.84. The van der Waals surface area contributed by atoms with Gasteiger partial charge < -0.3 is 15.0 Å². The van der Waals surface area contributed by atoms with Crippen molar-refractivity contribution in [2.45, 2.75) is 43.7 Å². The van der Waals surface area contributed by atoms with Crippen molar-refractivity contribution in [3.05, 3.63) is 64.1 Å². The number of likely N-dealkylation sites (N-methyl/N-ethyl adjacent to an activating group) is 1. The molecule has 1 amide bonds. The van der Waals surface area contributed by atoms with Gasteiger partial charge in [0.15, 0.2) is 6.61 Å². The zero-order valence-corrected chi connectivity index (χ0v) is 18.5. The Balaban J connectivity index is 1.51. The molecule has 0 spiro atoms. The summed E-state index contributed by atoms with van der Waals surface area (Å²) < 4.78 is 5.54. The Morgan fingerprint density at radius 2 is 1.76 bits per heavy atom. The van der Waals surface area contributed by atoms with Gasteiger partial charge in [0.05, 0.1) is 0 Å². The van der Waals surface area contributed by atoms with Gasteiger partial charge in [-0.05, 0) is 82.1 Å². The van der Waals surface area contributed by atoms with Gasteiger partial charge in [-0.15, -0.1) is 0 Å². The van der Waals surface area contributed by atoms with Gasteiger partial charge in [-0.25, -0.2) is 0 Å². The molecule has 1 saturated carbocycles. The summed E-state index contributed by atoms with van der Waals surface area (Å²) in [5.74, 6) is 0.506. The molecule has 0 aliphatic heterocycles. The summed E-state index contributed by atoms with van der Waals surface area (Å²) in [5, 5.41) is 4.48. The molecule has 2 aromatic carbocycles. The first-order chi connectivity index (χ1) is 13.9. The summed E-state index contributed by atoms with van der Waals surface area (Å²) in [6, 6.07) is 15.4. The van der Waals surface area contributed by atoms with E-state index >= 15 is 0 Å². The number of hydrogen-bond donors (Lipinski definition) is 1. The van der Waals surface area contributed by atoms with Crippen LogP contribution in [0.2, 0.25) is 10.0 Å². The SMILES string of the molecule is CN(C)C1(Cc2cccc(Cl)c2)CCC(NC(=O)COc2cccc(Cl)c2)CC1. The highest BCUT2D eigenvalue weighted by molar-refractivity contribution is 6.30. The number of benzene rings is 2. The number of hydrogen-bond acceptors (Lipinski definition) is 3. The number of ether oxygens (including phenoxy) is 1. The molecule has 4 nitrogen and oxygen atoms in total. The average Bonchev–Trinajstić information content (AvgIpc) is 2.68. The standard InChI is InChI=1S/C23H28Cl2N2O2/c1-27(2)23(15-17-5-3-6-18(24)13-17)11-9-20(10-12-23)26-22(28)16-29-21-8-4-7-19(25)14-21/h3-8,13-14,20H,9-12,15-16H2,1-2H3,(H,26,28). The lowest BCUT2D eigenvalue weighted by atomic mass is 9.75. The van der Waals surface area contributed by atoms with Gasteiger partial charge in [-0.2, -0.15) is 0 Å². The van der Waals surface area contributed by atoms with Gasteiger partial charge in [0.2, 0.25) is 0 Å². The number of amides is 1. The molecule has 0 bridgehead atoms. The Morgan fingerprint density at radius 1 is 1.10 bits per heavy atom. The average molecular weight is 435 g/mol. The zero-order valence-electron chi connectivity index (χ0n) is 17.0. The van der Waals surface area contributed by atoms with E-state index in [1.54, 1.807) is 24.3 Å². The van der Waals surface area contributed by atoms with Crippen molar-refractivity contribution < 1.29 is 9.53 Å². The first kappa shape index (κ1) is 21.9. The second-order valence-electron chi connectivity index (χ2n) is 8.01. The third kappa shape index (κ3) is 6.11. The van der Waals surface area contributed by atoms with Crippen molar-refractivity contribution in [2.24, 2.45) is 0 Å². The fourth-order valence-electron chi connectivity index (χ4n) is 4.08. The molecule has 1 N–H and O–H groups in total. The van der Waals surface area contributed by atoms with E-state index in [0.29, 0.717) is 10.8 Å². The van der Waals surface area contributed by atoms with Crippen LogP contribution < -0.4 is 10.1 Å². The van der Waals surface area contributed by atoms with Crippen LogP contribution in [0.25, 0.3) is 0 Å². The van der Waals surface area contributed by atoms with Crippen molar-refractivity contribution in [2.75, 3.05) is 20.7 Å². The number of carbonyl (C=O) groups excluding carboxylic acids is 1. The van der Waals surface area contributed by atoms with E-state index in [4.69, 9.17) is 27.9 Å². The van der Waals surface area contributed by atoms with Gasteiger partial charge >= 0.3 is 0 Å². The number of nitrogens with one attached hydrogen (secondary N) is 1. The largest absolute Gasteiger partial charge is 0.484 e. The van der Waals surface area contributed by atoms with Crippen LogP contribution in [0.5, 0.6) is 5.75 Å². The van der Waals surface area contributed by atoms with Gasteiger partial charge in [-0.1, -0.05) is 41.4 Å². The number of carbonyl (C=O) groups is 1. The molecule has 0 aromatic heterocycles. The molecule has 0 atom stereocenters. The lowest BCUT2D eigenvalue weighted by molar-refractivity contribution is -0.124. The van der Waals surface area contributed by atoms with E-state index in [9.17, 15) is 4.79 Å². The highest BCUT2D eigenvalue weighted by atomic mass is 35.5. The van der Waals surface area contributed by atoms with E-state index in [-0.39, 0.29) is 24.1 Å². The first-order valence-electron chi connectivity index (χ1n) is 9.96. The van der Waals surface area contributed by atoms with E-state index in [2.05, 4.69) is 30.4 Å². The predicted octanol–water partition coefficient (Wildman–Crippen LogP) is 4.97. The molecular formula is C23H28Cl2N2O2. The molecule has 156 valence electrons. The molecule has 29 heavy (non-hydrogen) atoms. The number of nitrogens with zero attached hydrogens (tertiary/aromatic N) is 1. The summed E-state index contributed by atoms with van der Waals surface area (Å²) >= 11 is 12.1. The van der Waals surface area contributed by atoms with Crippen LogP contribution in [0, 0.1) is 0 Å². The molecule has 0 heterocycles. The third-order valence-corrected chi connectivity index (χ3v) is 6.29. The lowest BCUT2D eigenvalue weighted by Gasteiger charge is -2.45.